The Labute approximate surface area is 187 Å². The highest BCUT2D eigenvalue weighted by molar-refractivity contribution is 7.60. The second-order valence-corrected chi connectivity index (χ2v) is 14.5. The standard InChI is InChI=1S/C18H33P.C6H15O4P/c1-4-10-16(11-5-1)19(17-12-6-2-7-13-17)18-14-8-3-9-15-18;1-5(2)9-11(7,8)10-6(3)4/h16-18H,1-15H2;5-6H,1-4H3,(H,7,8). The van der Waals surface area contributed by atoms with E-state index < -0.39 is 7.82 Å². The van der Waals surface area contributed by atoms with Gasteiger partial charge in [-0.3, -0.25) is 9.05 Å². The lowest BCUT2D eigenvalue weighted by Crippen LogP contribution is -2.28. The highest BCUT2D eigenvalue weighted by atomic mass is 31.2. The Bertz CT molecular complexity index is 437. The molecule has 4 nitrogen and oxygen atoms in total. The molecule has 0 saturated heterocycles. The molecule has 3 aliphatic carbocycles. The maximum atomic E-state index is 10.9. The lowest BCUT2D eigenvalue weighted by atomic mass is 9.99. The van der Waals surface area contributed by atoms with Crippen LogP contribution in [-0.2, 0) is 13.6 Å². The Morgan fingerprint density at radius 2 is 0.900 bits per heavy atom. The second kappa shape index (κ2) is 13.9. The van der Waals surface area contributed by atoms with Gasteiger partial charge < -0.3 is 4.89 Å². The summed E-state index contributed by atoms with van der Waals surface area (Å²) in [6, 6.07) is 0. The molecule has 3 fully saturated rings. The van der Waals surface area contributed by atoms with Gasteiger partial charge in [-0.1, -0.05) is 65.7 Å². The molecule has 0 spiro atoms. The third-order valence-electron chi connectivity index (χ3n) is 6.68. The van der Waals surface area contributed by atoms with Crippen molar-refractivity contribution in [1.29, 1.82) is 0 Å². The predicted molar refractivity (Wildman–Crippen MR) is 130 cm³/mol. The molecule has 0 amide bonds. The average Bonchev–Trinajstić information content (AvgIpc) is 2.69. The molecule has 0 aromatic heterocycles. The van der Waals surface area contributed by atoms with E-state index in [1.165, 1.54) is 36.2 Å². The topological polar surface area (TPSA) is 55.8 Å². The summed E-state index contributed by atoms with van der Waals surface area (Å²) < 4.78 is 20.2. The van der Waals surface area contributed by atoms with Crippen molar-refractivity contribution in [3.63, 3.8) is 0 Å². The molecule has 3 aliphatic rings. The van der Waals surface area contributed by atoms with Crippen LogP contribution in [0.2, 0.25) is 0 Å². The van der Waals surface area contributed by atoms with Gasteiger partial charge in [0.1, 0.15) is 0 Å². The summed E-state index contributed by atoms with van der Waals surface area (Å²) in [5.74, 6) is 0. The first kappa shape index (κ1) is 26.8. The van der Waals surface area contributed by atoms with Crippen molar-refractivity contribution in [1.82, 2.24) is 0 Å². The number of rotatable bonds is 7. The fourth-order valence-electron chi connectivity index (χ4n) is 5.59. The van der Waals surface area contributed by atoms with Crippen LogP contribution in [0.3, 0.4) is 0 Å². The Hall–Kier alpha value is 0.540. The molecule has 0 atom stereocenters. The fourth-order valence-corrected chi connectivity index (χ4v) is 11.4. The second-order valence-electron chi connectivity index (χ2n) is 10.1. The van der Waals surface area contributed by atoms with Gasteiger partial charge in [0.05, 0.1) is 12.2 Å². The first-order valence-electron chi connectivity index (χ1n) is 12.8. The van der Waals surface area contributed by atoms with Gasteiger partial charge in [-0.05, 0) is 83.2 Å². The lowest BCUT2D eigenvalue weighted by molar-refractivity contribution is 0.0985. The Morgan fingerprint density at radius 1 is 0.633 bits per heavy atom. The minimum absolute atomic E-state index is 0.301. The zero-order valence-corrected chi connectivity index (χ0v) is 21.8. The summed E-state index contributed by atoms with van der Waals surface area (Å²) in [5.41, 5.74) is 3.57. The summed E-state index contributed by atoms with van der Waals surface area (Å²) in [6.07, 6.45) is 23.0. The monoisotopic (exact) mass is 462 g/mol. The number of hydrogen-bond donors (Lipinski definition) is 1. The molecule has 6 heteroatoms. The van der Waals surface area contributed by atoms with Crippen LogP contribution in [0.1, 0.15) is 124 Å². The molecule has 0 unspecified atom stereocenters. The van der Waals surface area contributed by atoms with Crippen LogP contribution in [0, 0.1) is 0 Å². The molecule has 0 aromatic rings. The molecule has 0 aromatic carbocycles. The van der Waals surface area contributed by atoms with E-state index in [9.17, 15) is 4.57 Å². The summed E-state index contributed by atoms with van der Waals surface area (Å²) in [7, 11) is -3.42. The summed E-state index contributed by atoms with van der Waals surface area (Å²) in [6.45, 7) is 6.69. The highest BCUT2D eigenvalue weighted by Crippen LogP contribution is 2.61. The van der Waals surface area contributed by atoms with Gasteiger partial charge in [0, 0.05) is 0 Å². The average molecular weight is 463 g/mol. The van der Waals surface area contributed by atoms with E-state index in [1.807, 2.05) is 0 Å². The quantitative estimate of drug-likeness (QED) is 0.386. The molecule has 30 heavy (non-hydrogen) atoms. The molecular formula is C24H48O4P2. The molecule has 178 valence electrons. The molecule has 3 saturated carbocycles. The van der Waals surface area contributed by atoms with Crippen molar-refractivity contribution in [2.24, 2.45) is 0 Å². The zero-order valence-electron chi connectivity index (χ0n) is 20.1. The van der Waals surface area contributed by atoms with Crippen LogP contribution in [0.15, 0.2) is 0 Å². The third-order valence-corrected chi connectivity index (χ3v) is 12.1. The molecule has 0 radical (unpaired) electrons. The first-order valence-corrected chi connectivity index (χ1v) is 15.8. The van der Waals surface area contributed by atoms with Crippen LogP contribution >= 0.6 is 15.7 Å². The van der Waals surface area contributed by atoms with Crippen molar-refractivity contribution in [2.45, 2.75) is 153 Å². The number of phosphoric ester groups is 1. The van der Waals surface area contributed by atoms with Gasteiger partial charge >= 0.3 is 7.82 Å². The lowest BCUT2D eigenvalue weighted by Gasteiger charge is -2.44. The van der Waals surface area contributed by atoms with E-state index in [4.69, 9.17) is 4.89 Å². The first-order chi connectivity index (χ1) is 14.3. The zero-order chi connectivity index (χ0) is 22.0. The Kier molecular flexibility index (Phi) is 12.5. The molecular weight excluding hydrogens is 414 g/mol. The van der Waals surface area contributed by atoms with Crippen molar-refractivity contribution in [3.05, 3.63) is 0 Å². The summed E-state index contributed by atoms with van der Waals surface area (Å²) >= 11 is 0. The molecule has 1 N–H and O–H groups in total. The predicted octanol–water partition coefficient (Wildman–Crippen LogP) is 8.40. The van der Waals surface area contributed by atoms with Gasteiger partial charge in [0.2, 0.25) is 0 Å². The van der Waals surface area contributed by atoms with Crippen molar-refractivity contribution in [3.8, 4) is 0 Å². The minimum atomic E-state index is -3.80. The van der Waals surface area contributed by atoms with Crippen LogP contribution in [0.4, 0.5) is 0 Å². The van der Waals surface area contributed by atoms with Crippen LogP contribution in [0.25, 0.3) is 0 Å². The number of hydrogen-bond acceptors (Lipinski definition) is 3. The maximum Gasteiger partial charge on any atom is 0.472 e. The van der Waals surface area contributed by atoms with E-state index in [2.05, 4.69) is 9.05 Å². The smallest absolute Gasteiger partial charge is 0.302 e. The normalized spacial score (nSPS) is 23.1. The van der Waals surface area contributed by atoms with E-state index >= 15 is 0 Å². The Morgan fingerprint density at radius 3 is 1.13 bits per heavy atom. The maximum absolute atomic E-state index is 10.9. The van der Waals surface area contributed by atoms with Gasteiger partial charge in [0.15, 0.2) is 0 Å². The molecule has 0 heterocycles. The van der Waals surface area contributed by atoms with Crippen LogP contribution < -0.4 is 0 Å². The van der Waals surface area contributed by atoms with Gasteiger partial charge in [-0.25, -0.2) is 4.57 Å². The summed E-state index contributed by atoms with van der Waals surface area (Å²) in [5, 5.41) is 0. The largest absolute Gasteiger partial charge is 0.472 e. The summed E-state index contributed by atoms with van der Waals surface area (Å²) in [4.78, 5) is 8.97. The van der Waals surface area contributed by atoms with Gasteiger partial charge in [-0.15, -0.1) is 0 Å². The van der Waals surface area contributed by atoms with Crippen molar-refractivity contribution >= 4 is 15.7 Å². The molecule has 3 rings (SSSR count). The SMILES string of the molecule is C1CCC(P(C2CCCCC2)C2CCCCC2)CC1.CC(C)OP(=O)(O)OC(C)C. The highest BCUT2D eigenvalue weighted by Gasteiger charge is 2.36. The van der Waals surface area contributed by atoms with E-state index in [0.717, 1.165) is 0 Å². The minimum Gasteiger partial charge on any atom is -0.302 e. The van der Waals surface area contributed by atoms with E-state index in [-0.39, 0.29) is 12.2 Å². The van der Waals surface area contributed by atoms with Crippen molar-refractivity contribution in [2.75, 3.05) is 0 Å². The van der Waals surface area contributed by atoms with E-state index in [0.29, 0.717) is 7.92 Å². The molecule has 0 aliphatic heterocycles. The Balaban J connectivity index is 0.000000252. The fraction of sp³-hybridized carbons (Fsp3) is 1.00. The third kappa shape index (κ3) is 9.99. The van der Waals surface area contributed by atoms with Crippen LogP contribution in [0.5, 0.6) is 0 Å². The van der Waals surface area contributed by atoms with Gasteiger partial charge in [-0.2, -0.15) is 0 Å². The number of phosphoric acid groups is 1. The molecule has 0 bridgehead atoms. The van der Waals surface area contributed by atoms with E-state index in [1.54, 1.807) is 105 Å². The van der Waals surface area contributed by atoms with Crippen LogP contribution in [-0.4, -0.2) is 34.1 Å². The van der Waals surface area contributed by atoms with Crippen molar-refractivity contribution < 1.29 is 18.5 Å². The van der Waals surface area contributed by atoms with Gasteiger partial charge in [0.25, 0.3) is 0 Å².